The highest BCUT2D eigenvalue weighted by Crippen LogP contribution is 2.10. The highest BCUT2D eigenvalue weighted by Gasteiger charge is 2.03. The number of hydrogen-bond donors (Lipinski definition) is 0. The van der Waals surface area contributed by atoms with Gasteiger partial charge in [-0.1, -0.05) is 18.2 Å². The first kappa shape index (κ1) is 12.1. The summed E-state index contributed by atoms with van der Waals surface area (Å²) in [5.74, 6) is 0. The number of nitrogens with zero attached hydrogens (tertiary/aromatic N) is 2. The molecule has 2 aromatic heterocycles. The Morgan fingerprint density at radius 1 is 1.11 bits per heavy atom. The van der Waals surface area contributed by atoms with Crippen LogP contribution in [0.4, 0.5) is 0 Å². The first-order chi connectivity index (χ1) is 9.24. The number of halogens is 1. The lowest BCUT2D eigenvalue weighted by Crippen LogP contribution is -2.20. The van der Waals surface area contributed by atoms with Gasteiger partial charge < -0.3 is 4.57 Å². The smallest absolute Gasteiger partial charge is 0.258 e. The number of benzene rings is 1. The molecule has 0 N–H and O–H groups in total. The molecule has 0 unspecified atom stereocenters. The van der Waals surface area contributed by atoms with Gasteiger partial charge in [0, 0.05) is 22.3 Å². The predicted molar refractivity (Wildman–Crippen MR) is 79.2 cm³/mol. The molecule has 94 valence electrons. The third kappa shape index (κ3) is 2.44. The third-order valence-electron chi connectivity index (χ3n) is 3.01. The van der Waals surface area contributed by atoms with Crippen molar-refractivity contribution in [2.75, 3.05) is 0 Å². The van der Waals surface area contributed by atoms with Crippen molar-refractivity contribution in [3.8, 4) is 0 Å². The molecule has 0 spiro atoms. The fourth-order valence-electron chi connectivity index (χ4n) is 2.03. The first-order valence-corrected chi connectivity index (χ1v) is 6.72. The largest absolute Gasteiger partial charge is 0.309 e. The Labute approximate surface area is 118 Å². The van der Waals surface area contributed by atoms with Crippen molar-refractivity contribution in [1.82, 2.24) is 9.55 Å². The molecule has 19 heavy (non-hydrogen) atoms. The van der Waals surface area contributed by atoms with Crippen molar-refractivity contribution in [1.29, 1.82) is 0 Å². The van der Waals surface area contributed by atoms with Crippen LogP contribution in [0.1, 0.15) is 5.69 Å². The zero-order chi connectivity index (χ0) is 13.2. The van der Waals surface area contributed by atoms with Gasteiger partial charge in [-0.25, -0.2) is 0 Å². The summed E-state index contributed by atoms with van der Waals surface area (Å²) in [5.41, 5.74) is 0.878. The van der Waals surface area contributed by atoms with Crippen molar-refractivity contribution >= 4 is 26.7 Å². The number of hydrogen-bond acceptors (Lipinski definition) is 2. The van der Waals surface area contributed by atoms with E-state index in [0.29, 0.717) is 6.54 Å². The van der Waals surface area contributed by atoms with Crippen molar-refractivity contribution in [3.05, 3.63) is 75.4 Å². The van der Waals surface area contributed by atoms with Crippen LogP contribution >= 0.6 is 15.9 Å². The van der Waals surface area contributed by atoms with Gasteiger partial charge >= 0.3 is 0 Å². The predicted octanol–water partition coefficient (Wildman–Crippen LogP) is 3.21. The van der Waals surface area contributed by atoms with Gasteiger partial charge in [-0.05, 0) is 45.6 Å². The number of aromatic nitrogens is 2. The topological polar surface area (TPSA) is 34.9 Å². The maximum Gasteiger partial charge on any atom is 0.258 e. The van der Waals surface area contributed by atoms with Crippen molar-refractivity contribution in [3.63, 3.8) is 0 Å². The molecule has 3 aromatic rings. The van der Waals surface area contributed by atoms with Crippen LogP contribution in [0.3, 0.4) is 0 Å². The Hall–Kier alpha value is -1.94. The van der Waals surface area contributed by atoms with E-state index in [4.69, 9.17) is 0 Å². The normalized spacial score (nSPS) is 10.8. The molecule has 3 rings (SSSR count). The van der Waals surface area contributed by atoms with Gasteiger partial charge in [-0.15, -0.1) is 0 Å². The van der Waals surface area contributed by atoms with Gasteiger partial charge in [-0.3, -0.25) is 9.78 Å². The summed E-state index contributed by atoms with van der Waals surface area (Å²) in [6, 6.07) is 13.4. The molecule has 0 radical (unpaired) electrons. The van der Waals surface area contributed by atoms with E-state index in [1.54, 1.807) is 10.8 Å². The molecule has 0 aliphatic rings. The molecule has 0 aliphatic heterocycles. The zero-order valence-electron chi connectivity index (χ0n) is 10.1. The van der Waals surface area contributed by atoms with E-state index < -0.39 is 0 Å². The number of fused-ring (bicyclic) bond motifs is 1. The Bertz CT molecular complexity index is 778. The van der Waals surface area contributed by atoms with Crippen molar-refractivity contribution < 1.29 is 0 Å². The van der Waals surface area contributed by atoms with Crippen LogP contribution in [-0.2, 0) is 6.54 Å². The van der Waals surface area contributed by atoms with Gasteiger partial charge in [0.2, 0.25) is 0 Å². The van der Waals surface area contributed by atoms with Gasteiger partial charge in [0.25, 0.3) is 5.56 Å². The third-order valence-corrected chi connectivity index (χ3v) is 3.48. The second-order valence-electron chi connectivity index (χ2n) is 4.30. The molecule has 0 atom stereocenters. The van der Waals surface area contributed by atoms with Gasteiger partial charge in [0.05, 0.1) is 12.2 Å². The lowest BCUT2D eigenvalue weighted by Gasteiger charge is -2.06. The van der Waals surface area contributed by atoms with Crippen molar-refractivity contribution in [2.45, 2.75) is 6.54 Å². The lowest BCUT2D eigenvalue weighted by atomic mass is 10.2. The van der Waals surface area contributed by atoms with Crippen LogP contribution in [0.2, 0.25) is 0 Å². The molecule has 0 amide bonds. The van der Waals surface area contributed by atoms with E-state index in [-0.39, 0.29) is 5.56 Å². The highest BCUT2D eigenvalue weighted by atomic mass is 79.9. The van der Waals surface area contributed by atoms with Gasteiger partial charge in [0.15, 0.2) is 0 Å². The lowest BCUT2D eigenvalue weighted by molar-refractivity contribution is 0.746. The Balaban J connectivity index is 2.04. The van der Waals surface area contributed by atoms with Crippen molar-refractivity contribution in [2.24, 2.45) is 0 Å². The van der Waals surface area contributed by atoms with Crippen LogP contribution in [-0.4, -0.2) is 9.55 Å². The standard InChI is InChI=1S/C15H11BrN2O/c16-12-5-6-13(17-9-12)10-18-8-7-11-3-1-2-4-14(11)15(18)19/h1-9H,10H2. The summed E-state index contributed by atoms with van der Waals surface area (Å²) in [6.07, 6.45) is 3.55. The van der Waals surface area contributed by atoms with E-state index in [9.17, 15) is 4.79 Å². The summed E-state index contributed by atoms with van der Waals surface area (Å²) < 4.78 is 2.61. The van der Waals surface area contributed by atoms with Crippen LogP contribution in [0, 0.1) is 0 Å². The van der Waals surface area contributed by atoms with Crippen LogP contribution in [0.15, 0.2) is 64.1 Å². The minimum Gasteiger partial charge on any atom is -0.309 e. The average Bonchev–Trinajstić information content (AvgIpc) is 2.45. The molecule has 2 heterocycles. The molecule has 0 aliphatic carbocycles. The molecular formula is C15H11BrN2O. The second kappa shape index (κ2) is 4.97. The Morgan fingerprint density at radius 3 is 2.74 bits per heavy atom. The van der Waals surface area contributed by atoms with Gasteiger partial charge in [-0.2, -0.15) is 0 Å². The zero-order valence-corrected chi connectivity index (χ0v) is 11.7. The minimum absolute atomic E-state index is 0.0165. The summed E-state index contributed by atoms with van der Waals surface area (Å²) in [4.78, 5) is 16.6. The molecule has 0 fully saturated rings. The number of rotatable bonds is 2. The molecule has 0 bridgehead atoms. The highest BCUT2D eigenvalue weighted by molar-refractivity contribution is 9.10. The van der Waals surface area contributed by atoms with E-state index >= 15 is 0 Å². The van der Waals surface area contributed by atoms with E-state index in [1.165, 1.54) is 0 Å². The van der Waals surface area contributed by atoms with Gasteiger partial charge in [0.1, 0.15) is 0 Å². The minimum atomic E-state index is 0.0165. The van der Waals surface area contributed by atoms with Crippen LogP contribution in [0.25, 0.3) is 10.8 Å². The second-order valence-corrected chi connectivity index (χ2v) is 5.22. The monoisotopic (exact) mass is 314 g/mol. The summed E-state index contributed by atoms with van der Waals surface area (Å²) >= 11 is 3.35. The van der Waals surface area contributed by atoms with Crippen LogP contribution < -0.4 is 5.56 Å². The first-order valence-electron chi connectivity index (χ1n) is 5.93. The molecule has 3 nitrogen and oxygen atoms in total. The maximum atomic E-state index is 12.3. The van der Waals surface area contributed by atoms with Crippen LogP contribution in [0.5, 0.6) is 0 Å². The number of pyridine rings is 2. The molecule has 0 saturated heterocycles. The van der Waals surface area contributed by atoms with E-state index in [2.05, 4.69) is 20.9 Å². The van der Waals surface area contributed by atoms with E-state index in [0.717, 1.165) is 20.9 Å². The average molecular weight is 315 g/mol. The maximum absolute atomic E-state index is 12.3. The molecule has 4 heteroatoms. The molecular weight excluding hydrogens is 304 g/mol. The Morgan fingerprint density at radius 2 is 1.95 bits per heavy atom. The summed E-state index contributed by atoms with van der Waals surface area (Å²) in [7, 11) is 0. The summed E-state index contributed by atoms with van der Waals surface area (Å²) in [6.45, 7) is 0.483. The van der Waals surface area contributed by atoms with E-state index in [1.807, 2.05) is 48.7 Å². The quantitative estimate of drug-likeness (QED) is 0.728. The SMILES string of the molecule is O=c1c2ccccc2ccn1Cc1ccc(Br)cn1. The fraction of sp³-hybridized carbons (Fsp3) is 0.0667. The summed E-state index contributed by atoms with van der Waals surface area (Å²) in [5, 5.41) is 1.70. The molecule has 0 saturated carbocycles. The fourth-order valence-corrected chi connectivity index (χ4v) is 2.26. The Kier molecular flexibility index (Phi) is 3.17. The molecule has 1 aromatic carbocycles.